The molecule has 3 aromatic heterocycles. The van der Waals surface area contributed by atoms with Gasteiger partial charge in [0, 0.05) is 43.3 Å². The highest BCUT2D eigenvalue weighted by molar-refractivity contribution is 7.89. The zero-order valence-corrected chi connectivity index (χ0v) is 31.1. The van der Waals surface area contributed by atoms with Crippen molar-refractivity contribution in [2.75, 3.05) is 33.4 Å². The van der Waals surface area contributed by atoms with Crippen LogP contribution in [0.15, 0.2) is 101 Å². The zero-order chi connectivity index (χ0) is 39.0. The molecule has 2 aliphatic rings. The van der Waals surface area contributed by atoms with E-state index in [-0.39, 0.29) is 72.1 Å². The fraction of sp³-hybridized carbons (Fsp3) is 0.275. The Morgan fingerprint density at radius 3 is 2.41 bits per heavy atom. The molecule has 0 radical (unpaired) electrons. The summed E-state index contributed by atoms with van der Waals surface area (Å²) in [7, 11) is -2.33. The van der Waals surface area contributed by atoms with Crippen molar-refractivity contribution in [2.24, 2.45) is 0 Å². The van der Waals surface area contributed by atoms with Crippen LogP contribution >= 0.6 is 0 Å². The molecule has 1 aliphatic heterocycles. The second-order valence-corrected chi connectivity index (χ2v) is 15.7. The summed E-state index contributed by atoms with van der Waals surface area (Å²) in [6.45, 7) is 0.802. The number of halogens is 2. The van der Waals surface area contributed by atoms with Crippen molar-refractivity contribution in [2.45, 2.75) is 42.7 Å². The molecular weight excluding hydrogens is 745 g/mol. The number of carbonyl (C=O) groups is 1. The third kappa shape index (κ3) is 7.80. The lowest BCUT2D eigenvalue weighted by molar-refractivity contribution is -0.122. The molecular formula is C40H37F2N7O6S. The number of fused-ring (bicyclic) bond motifs is 1. The molecule has 1 saturated heterocycles. The van der Waals surface area contributed by atoms with Gasteiger partial charge in [0.2, 0.25) is 15.9 Å². The number of nitrogens with zero attached hydrogens (tertiary/aromatic N) is 6. The average Bonchev–Trinajstić information content (AvgIpc) is 3.95. The van der Waals surface area contributed by atoms with Gasteiger partial charge in [-0.15, -0.1) is 0 Å². The SMILES string of the molecule is COc1ccc(-c2ccc3c(=O)n(-c4ccc(S(=O)(=O)N5CCOCC5)cc4)c([C@H](Cc4cc(F)cc(F)c4)NC(=O)Cn4ccc(C5CC5)n4)nc3c2)nc1. The summed E-state index contributed by atoms with van der Waals surface area (Å²) in [4.78, 5) is 37.9. The Morgan fingerprint density at radius 1 is 0.982 bits per heavy atom. The lowest BCUT2D eigenvalue weighted by Gasteiger charge is -2.26. The summed E-state index contributed by atoms with van der Waals surface area (Å²) in [5.41, 5.74) is 2.34. The van der Waals surface area contributed by atoms with Gasteiger partial charge in [0.15, 0.2) is 0 Å². The molecule has 8 rings (SSSR count). The third-order valence-corrected chi connectivity index (χ3v) is 11.8. The van der Waals surface area contributed by atoms with Crippen molar-refractivity contribution in [3.05, 3.63) is 130 Å². The second kappa shape index (κ2) is 15.4. The average molecular weight is 782 g/mol. The summed E-state index contributed by atoms with van der Waals surface area (Å²) in [6, 6.07) is 18.2. The molecule has 16 heteroatoms. The van der Waals surface area contributed by atoms with E-state index in [0.717, 1.165) is 36.7 Å². The number of hydrogen-bond donors (Lipinski definition) is 1. The molecule has 4 heterocycles. The number of hydrogen-bond acceptors (Lipinski definition) is 9. The number of ether oxygens (including phenoxy) is 2. The van der Waals surface area contributed by atoms with Crippen LogP contribution in [0.4, 0.5) is 8.78 Å². The van der Waals surface area contributed by atoms with Crippen LogP contribution in [-0.4, -0.2) is 76.4 Å². The summed E-state index contributed by atoms with van der Waals surface area (Å²) in [6.07, 6.45) is 5.20. The smallest absolute Gasteiger partial charge is 0.266 e. The minimum absolute atomic E-state index is 0.0213. The Kier molecular flexibility index (Phi) is 10.2. The first-order valence-electron chi connectivity index (χ1n) is 18.1. The number of morpholine rings is 1. The molecule has 0 spiro atoms. The van der Waals surface area contributed by atoms with Gasteiger partial charge in [-0.05, 0) is 85.1 Å². The van der Waals surface area contributed by atoms with E-state index in [1.165, 1.54) is 44.9 Å². The Bertz CT molecular complexity index is 2570. The molecule has 0 bridgehead atoms. The molecule has 1 aliphatic carbocycles. The van der Waals surface area contributed by atoms with E-state index in [0.29, 0.717) is 22.9 Å². The number of pyridine rings is 1. The predicted octanol–water partition coefficient (Wildman–Crippen LogP) is 4.93. The van der Waals surface area contributed by atoms with Gasteiger partial charge in [-0.2, -0.15) is 9.40 Å². The number of nitrogens with one attached hydrogen (secondary N) is 1. The van der Waals surface area contributed by atoms with Gasteiger partial charge in [-0.3, -0.25) is 23.8 Å². The lowest BCUT2D eigenvalue weighted by Crippen LogP contribution is -2.40. The van der Waals surface area contributed by atoms with Crippen molar-refractivity contribution >= 4 is 26.8 Å². The van der Waals surface area contributed by atoms with Gasteiger partial charge >= 0.3 is 0 Å². The molecule has 1 saturated carbocycles. The standard InChI is InChI=1S/C40H37F2N7O6S/c1-54-31-7-11-34(43-23-31)27-4-10-33-36(21-27)45-39(49(40(33)51)30-5-8-32(9-6-30)56(52,53)48-14-16-55-17-15-48)37(20-25-18-28(41)22-29(42)19-25)44-38(50)24-47-13-12-35(46-47)26-2-3-26/h4-13,18-19,21-23,26,37H,2-3,14-17,20,24H2,1H3,(H,44,50)/t37-/m0/s1. The normalized spacial score (nSPS) is 15.5. The van der Waals surface area contributed by atoms with Crippen LogP contribution in [-0.2, 0) is 32.5 Å². The van der Waals surface area contributed by atoms with Crippen molar-refractivity contribution in [1.82, 2.24) is 33.9 Å². The molecule has 1 amide bonds. The summed E-state index contributed by atoms with van der Waals surface area (Å²) in [5.74, 6) is -1.13. The maximum atomic E-state index is 14.6. The quantitative estimate of drug-likeness (QED) is 0.182. The number of rotatable bonds is 12. The van der Waals surface area contributed by atoms with Crippen molar-refractivity contribution < 1.29 is 31.5 Å². The third-order valence-electron chi connectivity index (χ3n) is 9.84. The van der Waals surface area contributed by atoms with Crippen LogP contribution in [0.3, 0.4) is 0 Å². The van der Waals surface area contributed by atoms with E-state index in [1.54, 1.807) is 42.7 Å². The van der Waals surface area contributed by atoms with Gasteiger partial charge in [0.25, 0.3) is 5.56 Å². The van der Waals surface area contributed by atoms with E-state index in [2.05, 4.69) is 15.4 Å². The van der Waals surface area contributed by atoms with Crippen LogP contribution in [0.2, 0.25) is 0 Å². The molecule has 56 heavy (non-hydrogen) atoms. The van der Waals surface area contributed by atoms with Crippen LogP contribution in [0.1, 0.15) is 41.9 Å². The molecule has 6 aromatic rings. The molecule has 2 fully saturated rings. The maximum absolute atomic E-state index is 14.6. The first-order valence-corrected chi connectivity index (χ1v) is 19.5. The summed E-state index contributed by atoms with van der Waals surface area (Å²) in [5, 5.41) is 7.72. The van der Waals surface area contributed by atoms with Gasteiger partial charge in [-0.1, -0.05) is 6.07 Å². The number of sulfonamides is 1. The van der Waals surface area contributed by atoms with Gasteiger partial charge in [-0.25, -0.2) is 22.2 Å². The summed E-state index contributed by atoms with van der Waals surface area (Å²) >= 11 is 0. The van der Waals surface area contributed by atoms with Gasteiger partial charge in [0.1, 0.15) is 29.8 Å². The van der Waals surface area contributed by atoms with E-state index in [9.17, 15) is 26.8 Å². The largest absolute Gasteiger partial charge is 0.495 e. The Labute approximate surface area is 320 Å². The molecule has 13 nitrogen and oxygen atoms in total. The number of benzene rings is 3. The number of aromatic nitrogens is 5. The molecule has 1 N–H and O–H groups in total. The highest BCUT2D eigenvalue weighted by Crippen LogP contribution is 2.38. The van der Waals surface area contributed by atoms with Crippen molar-refractivity contribution in [3.63, 3.8) is 0 Å². The van der Waals surface area contributed by atoms with Crippen LogP contribution in [0.25, 0.3) is 27.8 Å². The Balaban J connectivity index is 1.25. The number of carbonyl (C=O) groups excluding carboxylic acids is 1. The van der Waals surface area contributed by atoms with Crippen molar-refractivity contribution in [3.8, 4) is 22.7 Å². The van der Waals surface area contributed by atoms with Crippen LogP contribution in [0.5, 0.6) is 5.75 Å². The lowest BCUT2D eigenvalue weighted by atomic mass is 10.0. The topological polar surface area (TPSA) is 151 Å². The number of amides is 1. The summed E-state index contributed by atoms with van der Waals surface area (Å²) < 4.78 is 70.8. The predicted molar refractivity (Wildman–Crippen MR) is 202 cm³/mol. The fourth-order valence-electron chi connectivity index (χ4n) is 6.84. The first-order chi connectivity index (χ1) is 27.0. The molecule has 288 valence electrons. The Morgan fingerprint density at radius 2 is 1.73 bits per heavy atom. The monoisotopic (exact) mass is 781 g/mol. The fourth-order valence-corrected chi connectivity index (χ4v) is 8.25. The van der Waals surface area contributed by atoms with Crippen molar-refractivity contribution in [1.29, 1.82) is 0 Å². The molecule has 0 unspecified atom stereocenters. The highest BCUT2D eigenvalue weighted by Gasteiger charge is 2.29. The van der Waals surface area contributed by atoms with E-state index in [4.69, 9.17) is 14.5 Å². The van der Waals surface area contributed by atoms with Gasteiger partial charge in [0.05, 0.1) is 65.4 Å². The van der Waals surface area contributed by atoms with Crippen LogP contribution in [0, 0.1) is 11.6 Å². The van der Waals surface area contributed by atoms with E-state index >= 15 is 0 Å². The number of methoxy groups -OCH3 is 1. The zero-order valence-electron chi connectivity index (χ0n) is 30.3. The highest BCUT2D eigenvalue weighted by atomic mass is 32.2. The first kappa shape index (κ1) is 37.1. The minimum atomic E-state index is -3.86. The Hall–Kier alpha value is -5.84. The second-order valence-electron chi connectivity index (χ2n) is 13.8. The molecule has 1 atom stereocenters. The molecule has 3 aromatic carbocycles. The van der Waals surface area contributed by atoms with E-state index in [1.807, 2.05) is 6.07 Å². The minimum Gasteiger partial charge on any atom is -0.495 e. The van der Waals surface area contributed by atoms with Gasteiger partial charge < -0.3 is 14.8 Å². The maximum Gasteiger partial charge on any atom is 0.266 e. The van der Waals surface area contributed by atoms with Crippen LogP contribution < -0.4 is 15.6 Å². The van der Waals surface area contributed by atoms with E-state index < -0.39 is 39.2 Å².